The van der Waals surface area contributed by atoms with Crippen molar-refractivity contribution in [3.05, 3.63) is 0 Å². The summed E-state index contributed by atoms with van der Waals surface area (Å²) in [6.07, 6.45) is 1.44. The van der Waals surface area contributed by atoms with E-state index in [4.69, 9.17) is 10.5 Å². The quantitative estimate of drug-likeness (QED) is 0.772. The molecular weight excluding hydrogens is 292 g/mol. The first-order valence-electron chi connectivity index (χ1n) is 7.54. The van der Waals surface area contributed by atoms with E-state index in [0.29, 0.717) is 25.9 Å². The van der Waals surface area contributed by atoms with Gasteiger partial charge in [0.2, 0.25) is 5.91 Å². The summed E-state index contributed by atoms with van der Waals surface area (Å²) in [5.41, 5.74) is 4.94. The maximum Gasteiger partial charge on any atom is 0.241 e. The molecule has 2 unspecified atom stereocenters. The predicted octanol–water partition coefficient (Wildman–Crippen LogP) is 0.212. The Labute approximate surface area is 126 Å². The molecule has 0 radical (unpaired) electrons. The van der Waals surface area contributed by atoms with E-state index in [9.17, 15) is 13.2 Å². The van der Waals surface area contributed by atoms with E-state index in [2.05, 4.69) is 5.32 Å². The minimum atomic E-state index is -2.92. The minimum absolute atomic E-state index is 0.00927. The summed E-state index contributed by atoms with van der Waals surface area (Å²) in [7, 11) is -2.92. The average molecular weight is 318 g/mol. The molecule has 122 valence electrons. The molecule has 1 amide bonds. The lowest BCUT2D eigenvalue weighted by molar-refractivity contribution is -0.171. The van der Waals surface area contributed by atoms with Crippen LogP contribution in [0, 0.1) is 5.41 Å². The normalized spacial score (nSPS) is 35.0. The van der Waals surface area contributed by atoms with Crippen molar-refractivity contribution in [2.24, 2.45) is 11.1 Å². The zero-order valence-corrected chi connectivity index (χ0v) is 13.8. The SMILES string of the molecule is CCOC1CC(N)(C(=O)NC2CCS(=O)(=O)CC2)C1(C)C. The number of amides is 1. The molecular formula is C14H26N2O4S. The largest absolute Gasteiger partial charge is 0.378 e. The number of carbonyl (C=O) groups is 1. The topological polar surface area (TPSA) is 98.5 Å². The third kappa shape index (κ3) is 2.96. The van der Waals surface area contributed by atoms with Crippen LogP contribution in [0.2, 0.25) is 0 Å². The minimum Gasteiger partial charge on any atom is -0.378 e. The number of nitrogens with two attached hydrogens (primary N) is 1. The van der Waals surface area contributed by atoms with Gasteiger partial charge in [-0.3, -0.25) is 4.79 Å². The molecule has 0 aromatic carbocycles. The molecule has 1 aliphatic heterocycles. The summed E-state index contributed by atoms with van der Waals surface area (Å²) in [6.45, 7) is 6.42. The zero-order chi connectivity index (χ0) is 15.9. The maximum absolute atomic E-state index is 12.5. The molecule has 2 fully saturated rings. The molecule has 1 saturated heterocycles. The van der Waals surface area contributed by atoms with Crippen LogP contribution in [0.4, 0.5) is 0 Å². The van der Waals surface area contributed by atoms with Gasteiger partial charge in [0.05, 0.1) is 17.6 Å². The van der Waals surface area contributed by atoms with Gasteiger partial charge in [-0.15, -0.1) is 0 Å². The van der Waals surface area contributed by atoms with Gasteiger partial charge in [-0.2, -0.15) is 0 Å². The Bertz CT molecular complexity index is 503. The van der Waals surface area contributed by atoms with Gasteiger partial charge in [0.25, 0.3) is 0 Å². The van der Waals surface area contributed by atoms with Crippen molar-refractivity contribution in [1.29, 1.82) is 0 Å². The third-order valence-electron chi connectivity index (χ3n) is 5.12. The second kappa shape index (κ2) is 5.52. The van der Waals surface area contributed by atoms with Crippen molar-refractivity contribution in [3.63, 3.8) is 0 Å². The fraction of sp³-hybridized carbons (Fsp3) is 0.929. The van der Waals surface area contributed by atoms with Crippen LogP contribution in [0.5, 0.6) is 0 Å². The molecule has 6 nitrogen and oxygen atoms in total. The number of nitrogens with one attached hydrogen (secondary N) is 1. The molecule has 0 aromatic rings. The van der Waals surface area contributed by atoms with Crippen LogP contribution in [-0.4, -0.2) is 50.1 Å². The summed E-state index contributed by atoms with van der Waals surface area (Å²) in [6, 6.07) is -0.0941. The standard InChI is InChI=1S/C14H26N2O4S/c1-4-20-11-9-14(15,13(11,2)3)12(17)16-10-5-7-21(18,19)8-6-10/h10-11H,4-9,15H2,1-3H3,(H,16,17). The Balaban J connectivity index is 1.95. The van der Waals surface area contributed by atoms with E-state index in [1.54, 1.807) is 0 Å². The van der Waals surface area contributed by atoms with Crippen LogP contribution in [0.3, 0.4) is 0 Å². The van der Waals surface area contributed by atoms with Crippen molar-refractivity contribution in [3.8, 4) is 0 Å². The van der Waals surface area contributed by atoms with E-state index >= 15 is 0 Å². The summed E-state index contributed by atoms with van der Waals surface area (Å²) < 4.78 is 28.4. The van der Waals surface area contributed by atoms with Gasteiger partial charge in [0, 0.05) is 24.5 Å². The molecule has 0 spiro atoms. The number of hydrogen-bond acceptors (Lipinski definition) is 5. The fourth-order valence-corrected chi connectivity index (χ4v) is 4.66. The summed E-state index contributed by atoms with van der Waals surface area (Å²) in [4.78, 5) is 12.5. The molecule has 0 aromatic heterocycles. The van der Waals surface area contributed by atoms with Crippen molar-refractivity contribution in [2.45, 2.75) is 57.7 Å². The highest BCUT2D eigenvalue weighted by Gasteiger charge is 2.63. The van der Waals surface area contributed by atoms with E-state index < -0.39 is 20.8 Å². The Kier molecular flexibility index (Phi) is 4.39. The number of carbonyl (C=O) groups excluding carboxylic acids is 1. The van der Waals surface area contributed by atoms with Gasteiger partial charge in [-0.25, -0.2) is 8.42 Å². The highest BCUT2D eigenvalue weighted by Crippen LogP contribution is 2.49. The van der Waals surface area contributed by atoms with E-state index in [1.165, 1.54) is 0 Å². The van der Waals surface area contributed by atoms with Gasteiger partial charge in [-0.1, -0.05) is 13.8 Å². The van der Waals surface area contributed by atoms with Crippen molar-refractivity contribution in [1.82, 2.24) is 5.32 Å². The van der Waals surface area contributed by atoms with Crippen molar-refractivity contribution >= 4 is 15.7 Å². The van der Waals surface area contributed by atoms with E-state index in [1.807, 2.05) is 20.8 Å². The lowest BCUT2D eigenvalue weighted by Gasteiger charge is -2.57. The molecule has 2 aliphatic rings. The van der Waals surface area contributed by atoms with Gasteiger partial charge in [0.1, 0.15) is 15.4 Å². The van der Waals surface area contributed by atoms with Crippen LogP contribution in [-0.2, 0) is 19.4 Å². The first-order valence-corrected chi connectivity index (χ1v) is 9.36. The molecule has 7 heteroatoms. The molecule has 1 heterocycles. The van der Waals surface area contributed by atoms with Crippen LogP contribution < -0.4 is 11.1 Å². The fourth-order valence-electron chi connectivity index (χ4n) is 3.17. The number of hydrogen-bond donors (Lipinski definition) is 2. The van der Waals surface area contributed by atoms with Gasteiger partial charge >= 0.3 is 0 Å². The summed E-state index contributed by atoms with van der Waals surface area (Å²) >= 11 is 0. The lowest BCUT2D eigenvalue weighted by atomic mass is 9.54. The molecule has 2 rings (SSSR count). The van der Waals surface area contributed by atoms with Crippen LogP contribution >= 0.6 is 0 Å². The third-order valence-corrected chi connectivity index (χ3v) is 6.84. The van der Waals surface area contributed by atoms with Gasteiger partial charge < -0.3 is 15.8 Å². The van der Waals surface area contributed by atoms with E-state index in [0.717, 1.165) is 0 Å². The Hall–Kier alpha value is -0.660. The lowest BCUT2D eigenvalue weighted by Crippen LogP contribution is -2.76. The molecule has 21 heavy (non-hydrogen) atoms. The highest BCUT2D eigenvalue weighted by molar-refractivity contribution is 7.91. The van der Waals surface area contributed by atoms with Crippen molar-refractivity contribution < 1.29 is 17.9 Å². The summed E-state index contributed by atoms with van der Waals surface area (Å²) in [5, 5.41) is 2.93. The second-order valence-electron chi connectivity index (χ2n) is 6.74. The van der Waals surface area contributed by atoms with Crippen LogP contribution in [0.25, 0.3) is 0 Å². The molecule has 1 saturated carbocycles. The number of rotatable bonds is 4. The monoisotopic (exact) mass is 318 g/mol. The predicted molar refractivity (Wildman–Crippen MR) is 80.5 cm³/mol. The van der Waals surface area contributed by atoms with E-state index in [-0.39, 0.29) is 29.6 Å². The number of sulfone groups is 1. The average Bonchev–Trinajstić information content (AvgIpc) is 2.40. The Morgan fingerprint density at radius 2 is 1.90 bits per heavy atom. The van der Waals surface area contributed by atoms with Crippen molar-refractivity contribution in [2.75, 3.05) is 18.1 Å². The molecule has 1 aliphatic carbocycles. The molecule has 2 atom stereocenters. The Morgan fingerprint density at radius 1 is 1.33 bits per heavy atom. The maximum atomic E-state index is 12.5. The van der Waals surface area contributed by atoms with Gasteiger partial charge in [0.15, 0.2) is 0 Å². The van der Waals surface area contributed by atoms with Crippen LogP contribution in [0.15, 0.2) is 0 Å². The van der Waals surface area contributed by atoms with Crippen LogP contribution in [0.1, 0.15) is 40.0 Å². The first-order chi connectivity index (χ1) is 9.62. The number of ether oxygens (including phenoxy) is 1. The highest BCUT2D eigenvalue weighted by atomic mass is 32.2. The first kappa shape index (κ1) is 16.7. The molecule has 0 bridgehead atoms. The molecule has 3 N–H and O–H groups in total. The smallest absolute Gasteiger partial charge is 0.241 e. The summed E-state index contributed by atoms with van der Waals surface area (Å²) in [5.74, 6) is 0.0915. The van der Waals surface area contributed by atoms with Gasteiger partial charge in [-0.05, 0) is 19.8 Å². The zero-order valence-electron chi connectivity index (χ0n) is 13.0. The Morgan fingerprint density at radius 3 is 2.38 bits per heavy atom. The second-order valence-corrected chi connectivity index (χ2v) is 9.04.